The number of nitriles is 1. The number of anilines is 1. The minimum atomic E-state index is -1.12. The molecule has 3 rings (SSSR count). The van der Waals surface area contributed by atoms with Gasteiger partial charge in [-0.1, -0.05) is 0 Å². The minimum absolute atomic E-state index is 0.0834. The quantitative estimate of drug-likeness (QED) is 0.713. The van der Waals surface area contributed by atoms with E-state index in [0.29, 0.717) is 19.0 Å². The summed E-state index contributed by atoms with van der Waals surface area (Å²) in [5.74, 6) is -2.37. The molecule has 0 aromatic heterocycles. The van der Waals surface area contributed by atoms with E-state index in [9.17, 15) is 18.0 Å². The largest absolute Gasteiger partial charge is 0.367 e. The van der Waals surface area contributed by atoms with Gasteiger partial charge in [0.2, 0.25) is 5.91 Å². The summed E-state index contributed by atoms with van der Waals surface area (Å²) in [5, 5.41) is 11.5. The van der Waals surface area contributed by atoms with Crippen LogP contribution in [0.15, 0.2) is 6.07 Å². The number of rotatable bonds is 6. The van der Waals surface area contributed by atoms with Gasteiger partial charge in [-0.15, -0.1) is 0 Å². The van der Waals surface area contributed by atoms with Crippen LogP contribution in [0.5, 0.6) is 0 Å². The predicted molar refractivity (Wildman–Crippen MR) is 108 cm³/mol. The van der Waals surface area contributed by atoms with Gasteiger partial charge in [0, 0.05) is 43.9 Å². The molecule has 1 saturated heterocycles. The van der Waals surface area contributed by atoms with Crippen LogP contribution in [-0.4, -0.2) is 49.6 Å². The molecule has 0 spiro atoms. The first-order valence-corrected chi connectivity index (χ1v) is 10.7. The standard InChI is InChI=1S/C22H29F3N4O/c1-15-21(24)18(23)14-19(22(15)25)29-12-10-28(11-13-29)9-7-16-2-4-17(5-3-16)27-20(30)6-8-26/h14,16-17H,2-7,9-13H2,1H3,(H,27,30). The zero-order valence-electron chi connectivity index (χ0n) is 17.4. The molecule has 1 aliphatic heterocycles. The Labute approximate surface area is 175 Å². The second-order valence-electron chi connectivity index (χ2n) is 8.37. The summed E-state index contributed by atoms with van der Waals surface area (Å²) < 4.78 is 41.6. The van der Waals surface area contributed by atoms with Crippen molar-refractivity contribution in [3.8, 4) is 6.07 Å². The van der Waals surface area contributed by atoms with Gasteiger partial charge in [0.1, 0.15) is 6.42 Å². The molecule has 1 amide bonds. The third-order valence-corrected chi connectivity index (χ3v) is 6.37. The van der Waals surface area contributed by atoms with Crippen LogP contribution in [0.1, 0.15) is 44.1 Å². The lowest BCUT2D eigenvalue weighted by Crippen LogP contribution is -2.47. The number of piperazine rings is 1. The van der Waals surface area contributed by atoms with Gasteiger partial charge in [0.05, 0.1) is 11.8 Å². The van der Waals surface area contributed by atoms with Crippen LogP contribution in [0.3, 0.4) is 0 Å². The summed E-state index contributed by atoms with van der Waals surface area (Å²) in [7, 11) is 0. The predicted octanol–water partition coefficient (Wildman–Crippen LogP) is 3.51. The number of hydrogen-bond donors (Lipinski definition) is 1. The average Bonchev–Trinajstić information content (AvgIpc) is 2.75. The summed E-state index contributed by atoms with van der Waals surface area (Å²) in [4.78, 5) is 15.6. The van der Waals surface area contributed by atoms with Crippen LogP contribution in [0, 0.1) is 41.6 Å². The molecule has 8 heteroatoms. The molecule has 0 bridgehead atoms. The van der Waals surface area contributed by atoms with Gasteiger partial charge in [0.15, 0.2) is 17.5 Å². The molecule has 0 unspecified atom stereocenters. The van der Waals surface area contributed by atoms with Crippen molar-refractivity contribution in [1.29, 1.82) is 5.26 Å². The van der Waals surface area contributed by atoms with Crippen LogP contribution < -0.4 is 10.2 Å². The third-order valence-electron chi connectivity index (χ3n) is 6.37. The van der Waals surface area contributed by atoms with Gasteiger partial charge < -0.3 is 10.2 Å². The Morgan fingerprint density at radius 2 is 1.80 bits per heavy atom. The van der Waals surface area contributed by atoms with E-state index >= 15 is 0 Å². The van der Waals surface area contributed by atoms with Gasteiger partial charge in [-0.2, -0.15) is 5.26 Å². The van der Waals surface area contributed by atoms with Gasteiger partial charge in [-0.3, -0.25) is 9.69 Å². The van der Waals surface area contributed by atoms with Gasteiger partial charge in [0.25, 0.3) is 0 Å². The summed E-state index contributed by atoms with van der Waals surface area (Å²) in [5.41, 5.74) is -0.130. The first-order valence-electron chi connectivity index (χ1n) is 10.7. The molecule has 2 aliphatic rings. The van der Waals surface area contributed by atoms with Crippen molar-refractivity contribution < 1.29 is 18.0 Å². The number of benzene rings is 1. The molecular weight excluding hydrogens is 393 g/mol. The van der Waals surface area contributed by atoms with E-state index in [1.807, 2.05) is 6.07 Å². The number of halogens is 3. The highest BCUT2D eigenvalue weighted by Gasteiger charge is 2.25. The van der Waals surface area contributed by atoms with E-state index in [0.717, 1.165) is 57.8 Å². The van der Waals surface area contributed by atoms with E-state index in [1.54, 1.807) is 4.90 Å². The Hall–Kier alpha value is -2.27. The molecule has 30 heavy (non-hydrogen) atoms. The Morgan fingerprint density at radius 1 is 1.13 bits per heavy atom. The van der Waals surface area contributed by atoms with Crippen molar-refractivity contribution in [3.63, 3.8) is 0 Å². The second kappa shape index (κ2) is 10.2. The van der Waals surface area contributed by atoms with Crippen LogP contribution in [0.25, 0.3) is 0 Å². The maximum atomic E-state index is 14.4. The lowest BCUT2D eigenvalue weighted by atomic mass is 9.84. The van der Waals surface area contributed by atoms with E-state index in [-0.39, 0.29) is 29.6 Å². The average molecular weight is 422 g/mol. The summed E-state index contributed by atoms with van der Waals surface area (Å²) >= 11 is 0. The van der Waals surface area contributed by atoms with E-state index in [4.69, 9.17) is 5.26 Å². The summed E-state index contributed by atoms with van der Waals surface area (Å²) in [6.07, 6.45) is 5.03. The van der Waals surface area contributed by atoms with Crippen molar-refractivity contribution in [2.45, 2.75) is 51.5 Å². The smallest absolute Gasteiger partial charge is 0.234 e. The Balaban J connectivity index is 1.40. The van der Waals surface area contributed by atoms with Crippen molar-refractivity contribution in [3.05, 3.63) is 29.1 Å². The molecule has 0 radical (unpaired) electrons. The van der Waals surface area contributed by atoms with Gasteiger partial charge >= 0.3 is 0 Å². The molecule has 1 saturated carbocycles. The van der Waals surface area contributed by atoms with Crippen molar-refractivity contribution in [2.24, 2.45) is 5.92 Å². The molecule has 1 N–H and O–H groups in total. The lowest BCUT2D eigenvalue weighted by molar-refractivity contribution is -0.121. The molecule has 5 nitrogen and oxygen atoms in total. The molecule has 1 heterocycles. The van der Waals surface area contributed by atoms with Crippen molar-refractivity contribution in [1.82, 2.24) is 10.2 Å². The Bertz CT molecular complexity index is 795. The monoisotopic (exact) mass is 422 g/mol. The molecular formula is C22H29F3N4O. The topological polar surface area (TPSA) is 59.4 Å². The summed E-state index contributed by atoms with van der Waals surface area (Å²) in [6, 6.07) is 3.01. The lowest BCUT2D eigenvalue weighted by Gasteiger charge is -2.37. The highest BCUT2D eigenvalue weighted by molar-refractivity contribution is 5.78. The zero-order chi connectivity index (χ0) is 21.7. The number of nitrogens with one attached hydrogen (secondary N) is 1. The number of carbonyl (C=O) groups excluding carboxylic acids is 1. The SMILES string of the molecule is Cc1c(F)c(F)cc(N2CCN(CCC3CCC(NC(=O)CC#N)CC3)CC2)c1F. The fraction of sp³-hybridized carbons (Fsp3) is 0.636. The molecule has 1 aromatic rings. The number of carbonyl (C=O) groups is 1. The molecule has 1 aliphatic carbocycles. The van der Waals surface area contributed by atoms with Crippen LogP contribution in [0.2, 0.25) is 0 Å². The highest BCUT2D eigenvalue weighted by atomic mass is 19.2. The van der Waals surface area contributed by atoms with E-state index in [2.05, 4.69) is 10.2 Å². The van der Waals surface area contributed by atoms with Crippen molar-refractivity contribution in [2.75, 3.05) is 37.6 Å². The van der Waals surface area contributed by atoms with Crippen LogP contribution in [0.4, 0.5) is 18.9 Å². The van der Waals surface area contributed by atoms with Gasteiger partial charge in [-0.25, -0.2) is 13.2 Å². The normalized spacial score (nSPS) is 22.6. The number of hydrogen-bond acceptors (Lipinski definition) is 4. The first kappa shape index (κ1) is 22.4. The maximum absolute atomic E-state index is 14.4. The van der Waals surface area contributed by atoms with E-state index < -0.39 is 17.5 Å². The summed E-state index contributed by atoms with van der Waals surface area (Å²) in [6.45, 7) is 4.91. The Morgan fingerprint density at radius 3 is 2.43 bits per heavy atom. The fourth-order valence-corrected chi connectivity index (χ4v) is 4.47. The first-order chi connectivity index (χ1) is 14.4. The molecule has 2 fully saturated rings. The second-order valence-corrected chi connectivity index (χ2v) is 8.37. The highest BCUT2D eigenvalue weighted by Crippen LogP contribution is 2.29. The molecule has 1 aromatic carbocycles. The van der Waals surface area contributed by atoms with E-state index in [1.165, 1.54) is 6.92 Å². The zero-order valence-corrected chi connectivity index (χ0v) is 17.4. The fourth-order valence-electron chi connectivity index (χ4n) is 4.47. The third kappa shape index (κ3) is 5.45. The minimum Gasteiger partial charge on any atom is -0.367 e. The Kier molecular flexibility index (Phi) is 7.59. The van der Waals surface area contributed by atoms with Gasteiger partial charge in [-0.05, 0) is 51.5 Å². The number of nitrogens with zero attached hydrogens (tertiary/aromatic N) is 3. The number of amides is 1. The molecule has 0 atom stereocenters. The van der Waals surface area contributed by atoms with Crippen molar-refractivity contribution >= 4 is 11.6 Å². The molecule has 164 valence electrons. The maximum Gasteiger partial charge on any atom is 0.234 e. The van der Waals surface area contributed by atoms with Crippen LogP contribution >= 0.6 is 0 Å². The van der Waals surface area contributed by atoms with Crippen LogP contribution in [-0.2, 0) is 4.79 Å².